The number of rotatable bonds is 17. The maximum absolute atomic E-state index is 13.3. The second-order valence-corrected chi connectivity index (χ2v) is 12.4. The largest absolute Gasteiger partial charge is 0.394 e. The van der Waals surface area contributed by atoms with Crippen LogP contribution in [0.5, 0.6) is 0 Å². The second kappa shape index (κ2) is 15.7. The third-order valence-electron chi connectivity index (χ3n) is 9.34. The van der Waals surface area contributed by atoms with E-state index in [9.17, 15) is 15.0 Å². The highest BCUT2D eigenvalue weighted by Gasteiger charge is 2.41. The summed E-state index contributed by atoms with van der Waals surface area (Å²) >= 11 is 0. The molecule has 40 heavy (non-hydrogen) atoms. The Morgan fingerprint density at radius 2 is 1.80 bits per heavy atom. The number of aliphatic hydroxyl groups is 2. The van der Waals surface area contributed by atoms with Gasteiger partial charge in [-0.2, -0.15) is 0 Å². The summed E-state index contributed by atoms with van der Waals surface area (Å²) in [6, 6.07) is 6.14. The van der Waals surface area contributed by atoms with Crippen LogP contribution in [0.3, 0.4) is 0 Å². The minimum Gasteiger partial charge on any atom is -0.394 e. The van der Waals surface area contributed by atoms with E-state index in [0.29, 0.717) is 18.5 Å². The van der Waals surface area contributed by atoms with Crippen molar-refractivity contribution in [2.45, 2.75) is 121 Å². The van der Waals surface area contributed by atoms with E-state index < -0.39 is 12.1 Å². The van der Waals surface area contributed by atoms with E-state index in [0.717, 1.165) is 25.7 Å². The molecule has 4 N–H and O–H groups in total. The fraction of sp³-hybridized carbons (Fsp3) is 0.676. The van der Waals surface area contributed by atoms with Crippen LogP contribution < -0.4 is 5.32 Å². The SMILES string of the molecule is CCCCCCCCCCCCC/C=C/[C@@H](O)[C@H](CO)NC(=O)[C@@H]1CC2c3cccc4[nH]cc(c34)C[C@H]2N(C)C1. The molecule has 6 nitrogen and oxygen atoms in total. The summed E-state index contributed by atoms with van der Waals surface area (Å²) in [5.41, 5.74) is 3.87. The first-order chi connectivity index (χ1) is 19.5. The number of nitrogens with one attached hydrogen (secondary N) is 2. The lowest BCUT2D eigenvalue weighted by Crippen LogP contribution is -2.54. The van der Waals surface area contributed by atoms with Gasteiger partial charge in [-0.3, -0.25) is 4.79 Å². The summed E-state index contributed by atoms with van der Waals surface area (Å²) in [5, 5.41) is 24.9. The first-order valence-corrected chi connectivity index (χ1v) is 16.1. The Morgan fingerprint density at radius 3 is 2.50 bits per heavy atom. The Morgan fingerprint density at radius 1 is 1.10 bits per heavy atom. The summed E-state index contributed by atoms with van der Waals surface area (Å²) in [4.78, 5) is 19.1. The Kier molecular flexibility index (Phi) is 12.1. The van der Waals surface area contributed by atoms with Gasteiger partial charge in [-0.1, -0.05) is 95.4 Å². The number of likely N-dealkylation sites (N-methyl/N-ethyl adjacent to an activating group) is 1. The molecule has 0 saturated carbocycles. The molecule has 1 unspecified atom stereocenters. The number of unbranched alkanes of at least 4 members (excludes halogenated alkanes) is 11. The standard InChI is InChI=1S/C34H53N3O3/c1-3-4-5-6-7-8-9-10-11-12-13-14-15-19-32(39)30(24-38)36-34(40)26-20-28-27-17-16-18-29-33(27)25(22-35-29)21-31(28)37(2)23-26/h15-19,22,26,28,30-32,35,38-39H,3-14,20-21,23-24H2,1-2H3,(H,36,40)/b19-15+/t26-,28?,30+,31-,32-/m1/s1. The normalized spacial score (nSPS) is 22.4. The lowest BCUT2D eigenvalue weighted by Gasteiger charge is -2.45. The molecule has 1 fully saturated rings. The van der Waals surface area contributed by atoms with Crippen LogP contribution in [-0.2, 0) is 11.2 Å². The first-order valence-electron chi connectivity index (χ1n) is 16.1. The number of benzene rings is 1. The van der Waals surface area contributed by atoms with E-state index in [1.54, 1.807) is 6.08 Å². The summed E-state index contributed by atoms with van der Waals surface area (Å²) in [7, 11) is 2.12. The van der Waals surface area contributed by atoms with Crippen LogP contribution in [0.1, 0.15) is 107 Å². The van der Waals surface area contributed by atoms with Crippen LogP contribution in [0.4, 0.5) is 0 Å². The van der Waals surface area contributed by atoms with E-state index >= 15 is 0 Å². The number of fused-ring (bicyclic) bond motifs is 2. The molecule has 1 aromatic carbocycles. The van der Waals surface area contributed by atoms with Gasteiger partial charge < -0.3 is 25.4 Å². The predicted octanol–water partition coefficient (Wildman–Crippen LogP) is 6.22. The number of carbonyl (C=O) groups excluding carboxylic acids is 1. The maximum Gasteiger partial charge on any atom is 0.224 e. The minimum atomic E-state index is -0.887. The second-order valence-electron chi connectivity index (χ2n) is 12.4. The number of aromatic amines is 1. The average Bonchev–Trinajstić information content (AvgIpc) is 3.38. The summed E-state index contributed by atoms with van der Waals surface area (Å²) < 4.78 is 0. The highest BCUT2D eigenvalue weighted by atomic mass is 16.3. The van der Waals surface area contributed by atoms with E-state index in [2.05, 4.69) is 53.6 Å². The number of aromatic nitrogens is 1. The van der Waals surface area contributed by atoms with E-state index in [1.165, 1.54) is 86.2 Å². The van der Waals surface area contributed by atoms with Gasteiger partial charge in [0.05, 0.1) is 24.7 Å². The Balaban J connectivity index is 1.18. The van der Waals surface area contributed by atoms with Crippen molar-refractivity contribution in [2.75, 3.05) is 20.2 Å². The molecule has 1 amide bonds. The Labute approximate surface area is 241 Å². The number of allylic oxidation sites excluding steroid dienone is 1. The van der Waals surface area contributed by atoms with Gasteiger partial charge in [-0.15, -0.1) is 0 Å². The lowest BCUT2D eigenvalue weighted by atomic mass is 9.72. The molecule has 1 aromatic heterocycles. The van der Waals surface area contributed by atoms with Crippen molar-refractivity contribution in [3.63, 3.8) is 0 Å². The molecule has 6 heteroatoms. The molecule has 4 rings (SSSR count). The molecule has 222 valence electrons. The number of aliphatic hydroxyl groups excluding tert-OH is 2. The zero-order valence-electron chi connectivity index (χ0n) is 24.9. The number of carbonyl (C=O) groups is 1. The molecule has 2 heterocycles. The molecule has 0 radical (unpaired) electrons. The van der Waals surface area contributed by atoms with E-state index in [4.69, 9.17) is 0 Å². The number of amides is 1. The topological polar surface area (TPSA) is 88.6 Å². The van der Waals surface area contributed by atoms with E-state index in [-0.39, 0.29) is 18.4 Å². The number of hydrogen-bond acceptors (Lipinski definition) is 4. The fourth-order valence-electron chi connectivity index (χ4n) is 6.97. The molecule has 1 saturated heterocycles. The lowest BCUT2D eigenvalue weighted by molar-refractivity contribution is -0.129. The van der Waals surface area contributed by atoms with Gasteiger partial charge in [-0.05, 0) is 49.9 Å². The third kappa shape index (κ3) is 7.98. The van der Waals surface area contributed by atoms with Crippen molar-refractivity contribution < 1.29 is 15.0 Å². The number of H-pyrrole nitrogens is 1. The molecule has 2 aromatic rings. The van der Waals surface area contributed by atoms with Crippen LogP contribution in [-0.4, -0.2) is 64.4 Å². The minimum absolute atomic E-state index is 0.0748. The van der Waals surface area contributed by atoms with Gasteiger partial charge in [0.25, 0.3) is 0 Å². The third-order valence-corrected chi connectivity index (χ3v) is 9.34. The van der Waals surface area contributed by atoms with Crippen molar-refractivity contribution in [2.24, 2.45) is 5.92 Å². The fourth-order valence-corrected chi connectivity index (χ4v) is 6.97. The molecule has 5 atom stereocenters. The van der Waals surface area contributed by atoms with Crippen molar-refractivity contribution in [3.8, 4) is 0 Å². The number of nitrogens with zero attached hydrogens (tertiary/aromatic N) is 1. The number of hydrogen-bond donors (Lipinski definition) is 4. The van der Waals surface area contributed by atoms with Crippen LogP contribution in [0.15, 0.2) is 36.5 Å². The van der Waals surface area contributed by atoms with Gasteiger partial charge in [-0.25, -0.2) is 0 Å². The van der Waals surface area contributed by atoms with Crippen molar-refractivity contribution in [1.82, 2.24) is 15.2 Å². The summed E-state index contributed by atoms with van der Waals surface area (Å²) in [6.45, 7) is 2.67. The zero-order valence-corrected chi connectivity index (χ0v) is 24.9. The van der Waals surface area contributed by atoms with Crippen LogP contribution in [0, 0.1) is 5.92 Å². The molecule has 0 spiro atoms. The molecule has 1 aliphatic carbocycles. The first kappa shape index (κ1) is 30.8. The smallest absolute Gasteiger partial charge is 0.224 e. The Hall–Kier alpha value is -2.15. The maximum atomic E-state index is 13.3. The Bertz CT molecular complexity index is 1080. The monoisotopic (exact) mass is 551 g/mol. The number of piperidine rings is 1. The highest BCUT2D eigenvalue weighted by molar-refractivity contribution is 5.88. The molecular formula is C34H53N3O3. The van der Waals surface area contributed by atoms with Gasteiger partial charge in [0.15, 0.2) is 0 Å². The predicted molar refractivity (Wildman–Crippen MR) is 165 cm³/mol. The van der Waals surface area contributed by atoms with Crippen LogP contribution in [0.2, 0.25) is 0 Å². The molecular weight excluding hydrogens is 498 g/mol. The summed E-state index contributed by atoms with van der Waals surface area (Å²) in [5.74, 6) is 0.0439. The van der Waals surface area contributed by atoms with Gasteiger partial charge in [0.1, 0.15) is 0 Å². The summed E-state index contributed by atoms with van der Waals surface area (Å²) in [6.07, 6.45) is 22.2. The van der Waals surface area contributed by atoms with Crippen molar-refractivity contribution >= 4 is 16.8 Å². The molecule has 2 aliphatic rings. The van der Waals surface area contributed by atoms with Crippen molar-refractivity contribution in [3.05, 3.63) is 47.7 Å². The van der Waals surface area contributed by atoms with Gasteiger partial charge in [0.2, 0.25) is 5.91 Å². The zero-order chi connectivity index (χ0) is 28.3. The number of likely N-dealkylation sites (tertiary alicyclic amines) is 1. The van der Waals surface area contributed by atoms with Gasteiger partial charge in [0, 0.05) is 35.6 Å². The van der Waals surface area contributed by atoms with Gasteiger partial charge >= 0.3 is 0 Å². The van der Waals surface area contributed by atoms with Crippen LogP contribution >= 0.6 is 0 Å². The van der Waals surface area contributed by atoms with Crippen LogP contribution in [0.25, 0.3) is 10.9 Å². The quantitative estimate of drug-likeness (QED) is 0.139. The van der Waals surface area contributed by atoms with Crippen molar-refractivity contribution in [1.29, 1.82) is 0 Å². The average molecular weight is 552 g/mol. The van der Waals surface area contributed by atoms with E-state index in [1.807, 2.05) is 6.08 Å². The molecule has 0 bridgehead atoms. The molecule has 1 aliphatic heterocycles. The highest BCUT2D eigenvalue weighted by Crippen LogP contribution is 2.44.